The molecule has 2 aliphatic heterocycles. The lowest BCUT2D eigenvalue weighted by Gasteiger charge is -2.33. The summed E-state index contributed by atoms with van der Waals surface area (Å²) in [6.07, 6.45) is 3.09. The van der Waals surface area contributed by atoms with Crippen molar-refractivity contribution >= 4 is 23.3 Å². The number of nitrogens with zero attached hydrogens (tertiary/aromatic N) is 4. The van der Waals surface area contributed by atoms with Crippen LogP contribution in [-0.2, 0) is 16.1 Å². The van der Waals surface area contributed by atoms with Crippen molar-refractivity contribution in [3.8, 4) is 0 Å². The Morgan fingerprint density at radius 1 is 1.15 bits per heavy atom. The second kappa shape index (κ2) is 10.3. The topological polar surface area (TPSA) is 68.8 Å². The molecule has 2 saturated heterocycles. The van der Waals surface area contributed by atoms with Gasteiger partial charge in [-0.2, -0.15) is 0 Å². The minimum absolute atomic E-state index is 0.0177. The summed E-state index contributed by atoms with van der Waals surface area (Å²) >= 11 is 0. The third-order valence-electron chi connectivity index (χ3n) is 6.97. The molecule has 7 heteroatoms. The summed E-state index contributed by atoms with van der Waals surface area (Å²) in [5, 5.41) is 3.01. The average molecular weight is 450 g/mol. The first-order valence-corrected chi connectivity index (χ1v) is 12.0. The molecule has 2 aliphatic rings. The highest BCUT2D eigenvalue weighted by atomic mass is 16.2. The van der Waals surface area contributed by atoms with E-state index < -0.39 is 0 Å². The number of para-hydroxylation sites is 1. The van der Waals surface area contributed by atoms with E-state index in [0.717, 1.165) is 49.7 Å². The quantitative estimate of drug-likeness (QED) is 0.704. The minimum atomic E-state index is -0.333. The van der Waals surface area contributed by atoms with Gasteiger partial charge in [-0.15, -0.1) is 0 Å². The number of carbonyl (C=O) groups is 2. The van der Waals surface area contributed by atoms with Crippen LogP contribution in [0.4, 0.5) is 11.5 Å². The zero-order valence-corrected chi connectivity index (χ0v) is 20.0. The van der Waals surface area contributed by atoms with Crippen LogP contribution in [0.2, 0.25) is 0 Å². The van der Waals surface area contributed by atoms with E-state index in [2.05, 4.69) is 47.1 Å². The van der Waals surface area contributed by atoms with Gasteiger partial charge in [0.2, 0.25) is 11.8 Å². The van der Waals surface area contributed by atoms with Crippen LogP contribution in [0.15, 0.2) is 42.6 Å². The highest BCUT2D eigenvalue weighted by Crippen LogP contribution is 2.33. The van der Waals surface area contributed by atoms with Gasteiger partial charge in [0.25, 0.3) is 0 Å². The molecular formula is C26H35N5O2. The molecule has 2 aromatic rings. The van der Waals surface area contributed by atoms with Gasteiger partial charge in [0, 0.05) is 57.6 Å². The van der Waals surface area contributed by atoms with Crippen molar-refractivity contribution < 1.29 is 9.59 Å². The third kappa shape index (κ3) is 5.36. The Kier molecular flexibility index (Phi) is 7.28. The molecule has 33 heavy (non-hydrogen) atoms. The standard InChI is InChI=1S/C26H35N5O2/c1-4-19(2)22-7-5-6-8-23(22)31-18-21(15-25(31)32)26(33)28-17-20-9-10-24(27-16-20)30-13-11-29(3)12-14-30/h5-10,16,19,21H,4,11-15,17-18H2,1-3H3,(H,28,33). The molecule has 2 fully saturated rings. The highest BCUT2D eigenvalue weighted by molar-refractivity contribution is 6.00. The lowest BCUT2D eigenvalue weighted by Crippen LogP contribution is -2.44. The van der Waals surface area contributed by atoms with Crippen molar-refractivity contribution in [3.63, 3.8) is 0 Å². The van der Waals surface area contributed by atoms with Crippen molar-refractivity contribution in [2.24, 2.45) is 5.92 Å². The van der Waals surface area contributed by atoms with Crippen molar-refractivity contribution in [3.05, 3.63) is 53.7 Å². The molecule has 176 valence electrons. The van der Waals surface area contributed by atoms with Crippen LogP contribution >= 0.6 is 0 Å². The largest absolute Gasteiger partial charge is 0.354 e. The van der Waals surface area contributed by atoms with E-state index in [1.54, 1.807) is 4.90 Å². The molecule has 7 nitrogen and oxygen atoms in total. The van der Waals surface area contributed by atoms with Crippen LogP contribution in [0.3, 0.4) is 0 Å². The van der Waals surface area contributed by atoms with Gasteiger partial charge in [-0.3, -0.25) is 9.59 Å². The van der Waals surface area contributed by atoms with Crippen LogP contribution in [0.5, 0.6) is 0 Å². The number of benzene rings is 1. The number of hydrogen-bond donors (Lipinski definition) is 1. The monoisotopic (exact) mass is 449 g/mol. The molecule has 0 radical (unpaired) electrons. The average Bonchev–Trinajstić information content (AvgIpc) is 3.24. The summed E-state index contributed by atoms with van der Waals surface area (Å²) in [7, 11) is 2.14. The fraction of sp³-hybridized carbons (Fsp3) is 0.500. The first-order chi connectivity index (χ1) is 16.0. The fourth-order valence-electron chi connectivity index (χ4n) is 4.56. The molecule has 3 heterocycles. The number of likely N-dealkylation sites (N-methyl/N-ethyl adjacent to an activating group) is 1. The molecule has 2 atom stereocenters. The number of rotatable bonds is 7. The van der Waals surface area contributed by atoms with Crippen LogP contribution in [0, 0.1) is 5.92 Å². The lowest BCUT2D eigenvalue weighted by atomic mass is 9.96. The van der Waals surface area contributed by atoms with E-state index in [1.807, 2.05) is 36.5 Å². The maximum atomic E-state index is 12.8. The number of pyridine rings is 1. The fourth-order valence-corrected chi connectivity index (χ4v) is 4.56. The zero-order chi connectivity index (χ0) is 23.4. The number of nitrogens with one attached hydrogen (secondary N) is 1. The summed E-state index contributed by atoms with van der Waals surface area (Å²) < 4.78 is 0. The first kappa shape index (κ1) is 23.2. The van der Waals surface area contributed by atoms with Gasteiger partial charge in [-0.05, 0) is 42.6 Å². The Morgan fingerprint density at radius 2 is 1.91 bits per heavy atom. The van der Waals surface area contributed by atoms with E-state index >= 15 is 0 Å². The minimum Gasteiger partial charge on any atom is -0.354 e. The summed E-state index contributed by atoms with van der Waals surface area (Å²) in [5.74, 6) is 0.956. The van der Waals surface area contributed by atoms with Gasteiger partial charge in [0.05, 0.1) is 5.92 Å². The summed E-state index contributed by atoms with van der Waals surface area (Å²) in [6.45, 7) is 9.21. The van der Waals surface area contributed by atoms with Gasteiger partial charge < -0.3 is 20.0 Å². The number of piperazine rings is 1. The third-order valence-corrected chi connectivity index (χ3v) is 6.97. The number of aromatic nitrogens is 1. The van der Waals surface area contributed by atoms with Gasteiger partial charge in [0.1, 0.15) is 5.82 Å². The molecule has 1 aromatic heterocycles. The van der Waals surface area contributed by atoms with E-state index in [-0.39, 0.29) is 24.2 Å². The molecule has 0 spiro atoms. The Bertz CT molecular complexity index is 969. The van der Waals surface area contributed by atoms with Crippen molar-refractivity contribution in [1.29, 1.82) is 0 Å². The Morgan fingerprint density at radius 3 is 2.61 bits per heavy atom. The lowest BCUT2D eigenvalue weighted by molar-refractivity contribution is -0.126. The molecule has 0 bridgehead atoms. The van der Waals surface area contributed by atoms with Crippen LogP contribution in [-0.4, -0.2) is 61.5 Å². The molecule has 1 N–H and O–H groups in total. The Hall–Kier alpha value is -2.93. The maximum absolute atomic E-state index is 12.8. The van der Waals surface area contributed by atoms with Crippen LogP contribution < -0.4 is 15.1 Å². The summed E-state index contributed by atoms with van der Waals surface area (Å²) in [6, 6.07) is 12.1. The van der Waals surface area contributed by atoms with Gasteiger partial charge in [-0.25, -0.2) is 4.98 Å². The second-order valence-electron chi connectivity index (χ2n) is 9.31. The van der Waals surface area contributed by atoms with Gasteiger partial charge in [0.15, 0.2) is 0 Å². The zero-order valence-electron chi connectivity index (χ0n) is 20.0. The molecular weight excluding hydrogens is 414 g/mol. The highest BCUT2D eigenvalue weighted by Gasteiger charge is 2.36. The maximum Gasteiger partial charge on any atom is 0.227 e. The van der Waals surface area contributed by atoms with E-state index in [4.69, 9.17) is 0 Å². The Balaban J connectivity index is 1.33. The summed E-state index contributed by atoms with van der Waals surface area (Å²) in [5.41, 5.74) is 3.07. The Labute approximate surface area is 196 Å². The predicted octanol–water partition coefficient (Wildman–Crippen LogP) is 3.02. The van der Waals surface area contributed by atoms with Crippen molar-refractivity contribution in [2.75, 3.05) is 49.6 Å². The van der Waals surface area contributed by atoms with E-state index in [0.29, 0.717) is 19.0 Å². The SMILES string of the molecule is CCC(C)c1ccccc1N1CC(C(=O)NCc2ccc(N3CCN(C)CC3)nc2)CC1=O. The molecule has 4 rings (SSSR count). The first-order valence-electron chi connectivity index (χ1n) is 12.0. The van der Waals surface area contributed by atoms with Gasteiger partial charge in [-0.1, -0.05) is 38.1 Å². The van der Waals surface area contributed by atoms with Crippen molar-refractivity contribution in [1.82, 2.24) is 15.2 Å². The molecule has 2 unspecified atom stereocenters. The second-order valence-corrected chi connectivity index (χ2v) is 9.31. The van der Waals surface area contributed by atoms with E-state index in [1.165, 1.54) is 5.56 Å². The van der Waals surface area contributed by atoms with Gasteiger partial charge >= 0.3 is 0 Å². The molecule has 0 saturated carbocycles. The predicted molar refractivity (Wildman–Crippen MR) is 131 cm³/mol. The van der Waals surface area contributed by atoms with E-state index in [9.17, 15) is 9.59 Å². The number of anilines is 2. The smallest absolute Gasteiger partial charge is 0.227 e. The number of hydrogen-bond acceptors (Lipinski definition) is 5. The number of carbonyl (C=O) groups excluding carboxylic acids is 2. The van der Waals surface area contributed by atoms with Crippen LogP contribution in [0.1, 0.15) is 43.7 Å². The normalized spacial score (nSPS) is 20.2. The molecule has 1 aromatic carbocycles. The molecule has 0 aliphatic carbocycles. The molecule has 2 amide bonds. The summed E-state index contributed by atoms with van der Waals surface area (Å²) in [4.78, 5) is 36.6. The van der Waals surface area contributed by atoms with Crippen molar-refractivity contribution in [2.45, 2.75) is 39.2 Å². The number of amides is 2. The van der Waals surface area contributed by atoms with Crippen LogP contribution in [0.25, 0.3) is 0 Å².